The molecule has 0 saturated heterocycles. The summed E-state index contributed by atoms with van der Waals surface area (Å²) < 4.78 is 0. The Bertz CT molecular complexity index is 1110. The molecule has 1 heterocycles. The van der Waals surface area contributed by atoms with Gasteiger partial charge in [0.25, 0.3) is 0 Å². The van der Waals surface area contributed by atoms with Gasteiger partial charge in [-0.15, -0.1) is 0 Å². The van der Waals surface area contributed by atoms with Gasteiger partial charge in [0.2, 0.25) is 6.41 Å². The van der Waals surface area contributed by atoms with E-state index in [-0.39, 0.29) is 11.8 Å². The van der Waals surface area contributed by atoms with Gasteiger partial charge in [0.05, 0.1) is 0 Å². The summed E-state index contributed by atoms with van der Waals surface area (Å²) in [5.74, 6) is 0.121. The molecule has 2 fully saturated rings. The van der Waals surface area contributed by atoms with Crippen LogP contribution in [0, 0.1) is 5.41 Å². The van der Waals surface area contributed by atoms with E-state index in [1.807, 2.05) is 27.0 Å². The van der Waals surface area contributed by atoms with Gasteiger partial charge in [-0.1, -0.05) is 66.7 Å². The van der Waals surface area contributed by atoms with Crippen molar-refractivity contribution in [1.29, 1.82) is 0 Å². The Labute approximate surface area is 242 Å². The number of carboxylic acid groups (broad SMARTS) is 1. The lowest BCUT2D eigenvalue weighted by molar-refractivity contribution is -0.136. The molecule has 6 heteroatoms. The summed E-state index contributed by atoms with van der Waals surface area (Å²) in [5.41, 5.74) is 8.96. The normalized spacial score (nSPS) is 18.0. The van der Waals surface area contributed by atoms with Crippen molar-refractivity contribution in [2.75, 3.05) is 24.3 Å². The first-order chi connectivity index (χ1) is 18.9. The maximum atomic E-state index is 10.4. The predicted octanol–water partition coefficient (Wildman–Crippen LogP) is 7.50. The minimum Gasteiger partial charge on any atom is -0.481 e. The van der Waals surface area contributed by atoms with Crippen LogP contribution in [-0.4, -0.2) is 37.6 Å². The van der Waals surface area contributed by atoms with Crippen molar-refractivity contribution >= 4 is 23.8 Å². The van der Waals surface area contributed by atoms with Crippen molar-refractivity contribution in [3.8, 4) is 0 Å². The number of rotatable bonds is 7. The van der Waals surface area contributed by atoms with E-state index in [9.17, 15) is 9.59 Å². The molecule has 3 aliphatic rings. The molecule has 0 aromatic heterocycles. The van der Waals surface area contributed by atoms with Crippen LogP contribution in [0.3, 0.4) is 0 Å². The third kappa shape index (κ3) is 9.09. The summed E-state index contributed by atoms with van der Waals surface area (Å²) in [6, 6.07) is 13.8. The SMILES string of the molecule is CC.CCC(=O)O.CN1c2ccc(NC=O)cc2CC1C(C)(C)C.CNCc1ccc(C2(C)CC2)cc1C1CC1. The first-order valence-corrected chi connectivity index (χ1v) is 15.0. The lowest BCUT2D eigenvalue weighted by Crippen LogP contribution is -2.39. The van der Waals surface area contributed by atoms with E-state index in [1.165, 1.54) is 42.5 Å². The van der Waals surface area contributed by atoms with Crippen molar-refractivity contribution < 1.29 is 14.7 Å². The predicted molar refractivity (Wildman–Crippen MR) is 169 cm³/mol. The zero-order chi connectivity index (χ0) is 30.1. The molecule has 2 aliphatic carbocycles. The zero-order valence-corrected chi connectivity index (χ0v) is 26.4. The largest absolute Gasteiger partial charge is 0.481 e. The fourth-order valence-electron chi connectivity index (χ4n) is 5.22. The number of benzene rings is 2. The maximum Gasteiger partial charge on any atom is 0.303 e. The lowest BCUT2D eigenvalue weighted by Gasteiger charge is -2.34. The van der Waals surface area contributed by atoms with Crippen molar-refractivity contribution in [3.05, 3.63) is 58.7 Å². The van der Waals surface area contributed by atoms with Gasteiger partial charge in [0.1, 0.15) is 0 Å². The van der Waals surface area contributed by atoms with E-state index in [0.29, 0.717) is 11.5 Å². The van der Waals surface area contributed by atoms with Gasteiger partial charge in [-0.05, 0) is 96.4 Å². The van der Waals surface area contributed by atoms with Crippen molar-refractivity contribution in [2.24, 2.45) is 5.41 Å². The minimum absolute atomic E-state index is 0.222. The Morgan fingerprint density at radius 1 is 1.12 bits per heavy atom. The Hall–Kier alpha value is -2.86. The highest BCUT2D eigenvalue weighted by Crippen LogP contribution is 2.50. The Balaban J connectivity index is 0.000000229. The molecule has 6 nitrogen and oxygen atoms in total. The van der Waals surface area contributed by atoms with E-state index >= 15 is 0 Å². The topological polar surface area (TPSA) is 81.7 Å². The molecular formula is C34H53N3O3. The number of amides is 1. The molecule has 1 atom stereocenters. The van der Waals surface area contributed by atoms with Gasteiger partial charge in [-0.2, -0.15) is 0 Å². The number of anilines is 2. The Kier molecular flexibility index (Phi) is 12.2. The summed E-state index contributed by atoms with van der Waals surface area (Å²) in [4.78, 5) is 22.2. The van der Waals surface area contributed by atoms with Crippen LogP contribution in [0.1, 0.15) is 109 Å². The van der Waals surface area contributed by atoms with Gasteiger partial charge in [-0.25, -0.2) is 0 Å². The van der Waals surface area contributed by atoms with E-state index in [1.54, 1.807) is 18.1 Å². The molecule has 5 rings (SSSR count). The molecule has 2 saturated carbocycles. The number of carboxylic acids is 1. The highest BCUT2D eigenvalue weighted by Gasteiger charge is 2.40. The number of aliphatic carboxylic acids is 1. The molecule has 40 heavy (non-hydrogen) atoms. The molecule has 1 unspecified atom stereocenters. The Morgan fingerprint density at radius 3 is 2.23 bits per heavy atom. The summed E-state index contributed by atoms with van der Waals surface area (Å²) in [6.07, 6.45) is 7.55. The maximum absolute atomic E-state index is 10.4. The van der Waals surface area contributed by atoms with Crippen LogP contribution in [0.15, 0.2) is 36.4 Å². The average molecular weight is 552 g/mol. The van der Waals surface area contributed by atoms with Gasteiger partial charge in [0, 0.05) is 37.4 Å². The van der Waals surface area contributed by atoms with E-state index in [2.05, 4.69) is 80.6 Å². The molecular weight excluding hydrogens is 498 g/mol. The molecule has 2 aromatic rings. The number of fused-ring (bicyclic) bond motifs is 1. The summed E-state index contributed by atoms with van der Waals surface area (Å²) in [7, 11) is 4.18. The zero-order valence-electron chi connectivity index (χ0n) is 26.4. The minimum atomic E-state index is -0.745. The van der Waals surface area contributed by atoms with Gasteiger partial charge >= 0.3 is 5.97 Å². The smallest absolute Gasteiger partial charge is 0.303 e. The molecule has 2 aromatic carbocycles. The van der Waals surface area contributed by atoms with Crippen LogP contribution in [0.5, 0.6) is 0 Å². The molecule has 3 N–H and O–H groups in total. The van der Waals surface area contributed by atoms with Crippen LogP contribution in [0.4, 0.5) is 11.4 Å². The van der Waals surface area contributed by atoms with Crippen molar-refractivity contribution in [2.45, 2.75) is 111 Å². The van der Waals surface area contributed by atoms with Crippen LogP contribution < -0.4 is 15.5 Å². The van der Waals surface area contributed by atoms with Crippen LogP contribution in [-0.2, 0) is 28.0 Å². The van der Waals surface area contributed by atoms with Crippen LogP contribution in [0.2, 0.25) is 0 Å². The quantitative estimate of drug-likeness (QED) is 0.310. The highest BCUT2D eigenvalue weighted by molar-refractivity contribution is 5.74. The van der Waals surface area contributed by atoms with E-state index < -0.39 is 5.97 Å². The van der Waals surface area contributed by atoms with Gasteiger partial charge in [0.15, 0.2) is 0 Å². The second-order valence-electron chi connectivity index (χ2n) is 12.3. The second kappa shape index (κ2) is 14.7. The number of likely N-dealkylation sites (N-methyl/N-ethyl adjacent to an activating group) is 1. The highest BCUT2D eigenvalue weighted by atomic mass is 16.4. The fourth-order valence-corrected chi connectivity index (χ4v) is 5.22. The number of hydrogen-bond donors (Lipinski definition) is 3. The number of nitrogens with zero attached hydrogens (tertiary/aromatic N) is 1. The van der Waals surface area contributed by atoms with E-state index in [4.69, 9.17) is 5.11 Å². The van der Waals surface area contributed by atoms with Crippen molar-refractivity contribution in [3.63, 3.8) is 0 Å². The molecule has 222 valence electrons. The first kappa shape index (κ1) is 33.3. The fraction of sp³-hybridized carbons (Fsp3) is 0.588. The first-order valence-electron chi connectivity index (χ1n) is 15.0. The molecule has 0 bridgehead atoms. The summed E-state index contributed by atoms with van der Waals surface area (Å²) in [6.45, 7) is 15.8. The summed E-state index contributed by atoms with van der Waals surface area (Å²) in [5, 5.41) is 13.7. The molecule has 1 amide bonds. The van der Waals surface area contributed by atoms with Crippen LogP contribution in [0.25, 0.3) is 0 Å². The third-order valence-electron chi connectivity index (χ3n) is 8.10. The number of carbonyl (C=O) groups excluding carboxylic acids is 1. The van der Waals surface area contributed by atoms with Gasteiger partial charge < -0.3 is 20.6 Å². The van der Waals surface area contributed by atoms with E-state index in [0.717, 1.165) is 31.0 Å². The molecule has 0 radical (unpaired) electrons. The summed E-state index contributed by atoms with van der Waals surface area (Å²) >= 11 is 0. The Morgan fingerprint density at radius 2 is 1.75 bits per heavy atom. The van der Waals surface area contributed by atoms with Gasteiger partial charge in [-0.3, -0.25) is 9.59 Å². The number of carbonyl (C=O) groups is 2. The van der Waals surface area contributed by atoms with Crippen molar-refractivity contribution in [1.82, 2.24) is 5.32 Å². The standard InChI is InChI=1S/C15H21N.C14H20N2O.C3H6O2.C2H6/c1-15(7-8-15)13-6-5-12(10-16-2)14(9-13)11-3-4-11;1-14(2,3)13-8-10-7-11(15-9-17)5-6-12(10)16(13)4;1-2-3(4)5;1-2/h5-6,9,11,16H,3-4,7-8,10H2,1-2H3;5-7,9,13H,8H2,1-4H3,(H,15,17);2H2,1H3,(H,4,5);1-2H3. The lowest BCUT2D eigenvalue weighted by atomic mass is 9.84. The second-order valence-corrected chi connectivity index (χ2v) is 12.3. The average Bonchev–Trinajstić information content (AvgIpc) is 3.86. The molecule has 1 aliphatic heterocycles. The third-order valence-corrected chi connectivity index (χ3v) is 8.10. The monoisotopic (exact) mass is 551 g/mol. The molecule has 0 spiro atoms. The van der Waals surface area contributed by atoms with Crippen LogP contribution >= 0.6 is 0 Å². The number of nitrogens with one attached hydrogen (secondary N) is 2. The number of hydrogen-bond acceptors (Lipinski definition) is 4.